The Kier molecular flexibility index (Phi) is 5.66. The van der Waals surface area contributed by atoms with Gasteiger partial charge in [0.25, 0.3) is 5.56 Å². The van der Waals surface area contributed by atoms with E-state index < -0.39 is 5.91 Å². The highest BCUT2D eigenvalue weighted by Crippen LogP contribution is 2.19. The summed E-state index contributed by atoms with van der Waals surface area (Å²) in [5.41, 5.74) is 1.59. The van der Waals surface area contributed by atoms with E-state index in [-0.39, 0.29) is 24.6 Å². The second-order valence-electron chi connectivity index (χ2n) is 6.13. The number of fused-ring (bicyclic) bond motifs is 1. The number of amides is 2. The van der Waals surface area contributed by atoms with Crippen LogP contribution in [-0.2, 0) is 22.6 Å². The Labute approximate surface area is 160 Å². The monoisotopic (exact) mass is 384 g/mol. The molecular formula is C19H20N4O3S. The molecule has 0 aliphatic rings. The lowest BCUT2D eigenvalue weighted by Crippen LogP contribution is -2.37. The maximum absolute atomic E-state index is 12.4. The van der Waals surface area contributed by atoms with Crippen LogP contribution in [0.4, 0.5) is 5.69 Å². The summed E-state index contributed by atoms with van der Waals surface area (Å²) in [7, 11) is 0. The van der Waals surface area contributed by atoms with Crippen molar-refractivity contribution >= 4 is 39.1 Å². The molecule has 2 amide bonds. The third-order valence-electron chi connectivity index (χ3n) is 4.05. The van der Waals surface area contributed by atoms with E-state index in [4.69, 9.17) is 0 Å². The Balaban J connectivity index is 1.55. The fourth-order valence-electron chi connectivity index (χ4n) is 2.61. The van der Waals surface area contributed by atoms with Crippen LogP contribution in [0.5, 0.6) is 0 Å². The average molecular weight is 384 g/mol. The number of benzene rings is 1. The van der Waals surface area contributed by atoms with Gasteiger partial charge in [0, 0.05) is 10.6 Å². The smallest absolute Gasteiger partial charge is 0.262 e. The molecule has 0 fully saturated rings. The van der Waals surface area contributed by atoms with E-state index in [9.17, 15) is 14.4 Å². The first-order valence-electron chi connectivity index (χ1n) is 8.57. The van der Waals surface area contributed by atoms with E-state index in [1.165, 1.54) is 27.8 Å². The molecule has 27 heavy (non-hydrogen) atoms. The quantitative estimate of drug-likeness (QED) is 0.680. The lowest BCUT2D eigenvalue weighted by molar-refractivity contribution is -0.124. The van der Waals surface area contributed by atoms with Crippen LogP contribution in [0.3, 0.4) is 0 Å². The van der Waals surface area contributed by atoms with Gasteiger partial charge >= 0.3 is 0 Å². The molecule has 0 saturated carbocycles. The fraction of sp³-hybridized carbons (Fsp3) is 0.263. The molecule has 3 aromatic rings. The number of nitrogens with zero attached hydrogens (tertiary/aromatic N) is 2. The SMILES string of the molecule is CCc1ccc(NC(=O)CNC(=O)Cn2cnc3sc(C)cc3c2=O)cc1. The van der Waals surface area contributed by atoms with Crippen molar-refractivity contribution in [1.29, 1.82) is 0 Å². The molecular weight excluding hydrogens is 364 g/mol. The van der Waals surface area contributed by atoms with Crippen molar-refractivity contribution in [3.05, 3.63) is 57.5 Å². The van der Waals surface area contributed by atoms with Crippen molar-refractivity contribution in [2.45, 2.75) is 26.8 Å². The predicted molar refractivity (Wildman–Crippen MR) is 106 cm³/mol. The van der Waals surface area contributed by atoms with E-state index in [0.29, 0.717) is 15.9 Å². The maximum atomic E-state index is 12.4. The number of anilines is 1. The number of thiophene rings is 1. The number of carbonyl (C=O) groups is 2. The fourth-order valence-corrected chi connectivity index (χ4v) is 3.45. The zero-order valence-corrected chi connectivity index (χ0v) is 15.9. The molecule has 7 nitrogen and oxygen atoms in total. The van der Waals surface area contributed by atoms with E-state index in [2.05, 4.69) is 22.5 Å². The molecule has 1 aromatic carbocycles. The van der Waals surface area contributed by atoms with Crippen LogP contribution >= 0.6 is 11.3 Å². The van der Waals surface area contributed by atoms with Crippen molar-refractivity contribution in [2.24, 2.45) is 0 Å². The van der Waals surface area contributed by atoms with Crippen LogP contribution in [0.25, 0.3) is 10.2 Å². The summed E-state index contributed by atoms with van der Waals surface area (Å²) >= 11 is 1.43. The van der Waals surface area contributed by atoms with Crippen molar-refractivity contribution in [3.63, 3.8) is 0 Å². The first kappa shape index (κ1) is 18.8. The summed E-state index contributed by atoms with van der Waals surface area (Å²) in [5, 5.41) is 5.74. The van der Waals surface area contributed by atoms with Gasteiger partial charge in [0.1, 0.15) is 11.4 Å². The van der Waals surface area contributed by atoms with Crippen molar-refractivity contribution in [3.8, 4) is 0 Å². The van der Waals surface area contributed by atoms with Crippen molar-refractivity contribution < 1.29 is 9.59 Å². The van der Waals surface area contributed by atoms with Crippen molar-refractivity contribution in [2.75, 3.05) is 11.9 Å². The normalized spacial score (nSPS) is 10.7. The Morgan fingerprint density at radius 2 is 1.93 bits per heavy atom. The minimum atomic E-state index is -0.429. The molecule has 0 radical (unpaired) electrons. The van der Waals surface area contributed by atoms with Gasteiger partial charge in [-0.15, -0.1) is 11.3 Å². The second-order valence-corrected chi connectivity index (χ2v) is 7.36. The molecule has 0 aliphatic heterocycles. The van der Waals surface area contributed by atoms with Gasteiger partial charge in [-0.25, -0.2) is 4.98 Å². The molecule has 0 saturated heterocycles. The molecule has 0 atom stereocenters. The second kappa shape index (κ2) is 8.13. The number of carbonyl (C=O) groups excluding carboxylic acids is 2. The third kappa shape index (κ3) is 4.59. The number of rotatable bonds is 6. The van der Waals surface area contributed by atoms with Crippen molar-refractivity contribution in [1.82, 2.24) is 14.9 Å². The molecule has 0 aliphatic carbocycles. The van der Waals surface area contributed by atoms with Crippen LogP contribution in [0.15, 0.2) is 41.5 Å². The summed E-state index contributed by atoms with van der Waals surface area (Å²) in [5.74, 6) is -0.760. The zero-order valence-electron chi connectivity index (χ0n) is 15.1. The minimum Gasteiger partial charge on any atom is -0.345 e. The molecule has 2 N–H and O–H groups in total. The Bertz CT molecular complexity index is 1040. The molecule has 3 rings (SSSR count). The summed E-state index contributed by atoms with van der Waals surface area (Å²) in [6.45, 7) is 3.60. The highest BCUT2D eigenvalue weighted by molar-refractivity contribution is 7.18. The van der Waals surface area contributed by atoms with Gasteiger partial charge in [-0.3, -0.25) is 19.0 Å². The minimum absolute atomic E-state index is 0.170. The molecule has 0 bridgehead atoms. The Morgan fingerprint density at radius 3 is 2.63 bits per heavy atom. The molecule has 2 aromatic heterocycles. The zero-order chi connectivity index (χ0) is 19.4. The van der Waals surface area contributed by atoms with E-state index in [1.807, 2.05) is 31.2 Å². The summed E-state index contributed by atoms with van der Waals surface area (Å²) in [6.07, 6.45) is 2.28. The van der Waals surface area contributed by atoms with Gasteiger partial charge in [-0.05, 0) is 37.1 Å². The molecule has 0 spiro atoms. The highest BCUT2D eigenvalue weighted by Gasteiger charge is 2.11. The predicted octanol–water partition coefficient (Wildman–Crippen LogP) is 2.08. The van der Waals surface area contributed by atoms with Crippen LogP contribution in [0.1, 0.15) is 17.4 Å². The van der Waals surface area contributed by atoms with Crippen LogP contribution in [-0.4, -0.2) is 27.9 Å². The van der Waals surface area contributed by atoms with E-state index in [0.717, 1.165) is 11.3 Å². The van der Waals surface area contributed by atoms with Gasteiger partial charge in [0.2, 0.25) is 11.8 Å². The number of nitrogens with one attached hydrogen (secondary N) is 2. The van der Waals surface area contributed by atoms with Gasteiger partial charge in [-0.2, -0.15) is 0 Å². The summed E-state index contributed by atoms with van der Waals surface area (Å²) in [4.78, 5) is 42.3. The molecule has 2 heterocycles. The first-order valence-corrected chi connectivity index (χ1v) is 9.39. The number of hydrogen-bond donors (Lipinski definition) is 2. The Hall–Kier alpha value is -3.00. The lowest BCUT2D eigenvalue weighted by Gasteiger charge is -2.08. The number of aryl methyl sites for hydroxylation is 2. The van der Waals surface area contributed by atoms with E-state index >= 15 is 0 Å². The maximum Gasteiger partial charge on any atom is 0.262 e. The third-order valence-corrected chi connectivity index (χ3v) is 5.01. The first-order chi connectivity index (χ1) is 13.0. The molecule has 0 unspecified atom stereocenters. The topological polar surface area (TPSA) is 93.1 Å². The van der Waals surface area contributed by atoms with Crippen LogP contribution in [0.2, 0.25) is 0 Å². The number of aromatic nitrogens is 2. The van der Waals surface area contributed by atoms with Gasteiger partial charge in [-0.1, -0.05) is 19.1 Å². The standard InChI is InChI=1S/C19H20N4O3S/c1-3-13-4-6-14(7-5-13)22-16(24)9-20-17(25)10-23-11-21-18-15(19(23)26)8-12(2)27-18/h4-8,11H,3,9-10H2,1-2H3,(H,20,25)(H,22,24). The molecule has 8 heteroatoms. The number of hydrogen-bond acceptors (Lipinski definition) is 5. The van der Waals surface area contributed by atoms with Gasteiger partial charge in [0.05, 0.1) is 18.3 Å². The lowest BCUT2D eigenvalue weighted by atomic mass is 10.1. The van der Waals surface area contributed by atoms with Crippen LogP contribution < -0.4 is 16.2 Å². The van der Waals surface area contributed by atoms with Gasteiger partial charge in [0.15, 0.2) is 0 Å². The van der Waals surface area contributed by atoms with E-state index in [1.54, 1.807) is 6.07 Å². The van der Waals surface area contributed by atoms with Gasteiger partial charge < -0.3 is 10.6 Å². The average Bonchev–Trinajstić information content (AvgIpc) is 3.04. The largest absolute Gasteiger partial charge is 0.345 e. The summed E-state index contributed by atoms with van der Waals surface area (Å²) in [6, 6.07) is 9.29. The summed E-state index contributed by atoms with van der Waals surface area (Å²) < 4.78 is 1.24. The Morgan fingerprint density at radius 1 is 1.19 bits per heavy atom. The molecule has 140 valence electrons. The van der Waals surface area contributed by atoms with Crippen LogP contribution in [0, 0.1) is 6.92 Å². The highest BCUT2D eigenvalue weighted by atomic mass is 32.1.